The van der Waals surface area contributed by atoms with Gasteiger partial charge in [0.15, 0.2) is 0 Å². The number of rotatable bonds is 6. The molecule has 0 aliphatic carbocycles. The second-order valence-electron chi connectivity index (χ2n) is 6.24. The molecule has 3 rings (SSSR count). The van der Waals surface area contributed by atoms with E-state index >= 15 is 0 Å². The van der Waals surface area contributed by atoms with E-state index in [1.165, 1.54) is 36.0 Å². The third-order valence-corrected chi connectivity index (χ3v) is 7.62. The molecular weight excluding hydrogens is 531 g/mol. The summed E-state index contributed by atoms with van der Waals surface area (Å²) in [4.78, 5) is 14.1. The van der Waals surface area contributed by atoms with Crippen molar-refractivity contribution < 1.29 is 13.2 Å². The Balaban J connectivity index is 1.71. The zero-order valence-electron chi connectivity index (χ0n) is 15.2. The first-order valence-electron chi connectivity index (χ1n) is 8.46. The quantitative estimate of drug-likeness (QED) is 0.413. The minimum absolute atomic E-state index is 0.0213. The molecule has 0 saturated heterocycles. The van der Waals surface area contributed by atoms with Crippen LogP contribution in [0.1, 0.15) is 5.56 Å². The number of benzene rings is 3. The van der Waals surface area contributed by atoms with Crippen LogP contribution in [0.3, 0.4) is 0 Å². The van der Waals surface area contributed by atoms with Crippen molar-refractivity contribution in [2.75, 3.05) is 5.32 Å². The van der Waals surface area contributed by atoms with Crippen molar-refractivity contribution in [3.63, 3.8) is 0 Å². The first-order chi connectivity index (χ1) is 14.1. The van der Waals surface area contributed by atoms with E-state index in [4.69, 9.17) is 28.3 Å². The number of carbonyl (C=O) groups excluding carboxylic acids is 1. The molecule has 5 nitrogen and oxygen atoms in total. The number of sulfonamides is 1. The molecule has 3 N–H and O–H groups in total. The van der Waals surface area contributed by atoms with E-state index in [-0.39, 0.29) is 17.2 Å². The summed E-state index contributed by atoms with van der Waals surface area (Å²) in [5, 5.41) is 8.98. The fraction of sp³-hybridized carbons (Fsp3) is 0.0500. The third-order valence-electron chi connectivity index (χ3n) is 3.94. The second kappa shape index (κ2) is 9.72. The van der Waals surface area contributed by atoms with Crippen LogP contribution in [-0.4, -0.2) is 14.3 Å². The zero-order chi connectivity index (χ0) is 21.9. The largest absolute Gasteiger partial charge is 0.326 e. The summed E-state index contributed by atoms with van der Waals surface area (Å²) in [5.74, 6) is -0.249. The molecular formula is C20H15BrCl2N2O3S2. The SMILES string of the molecule is NS(=O)(=O)c1ccc(NC(=O)Cc2ccc(Cl)c(Sc3cc(Cl)ccc3Br)c2)cc1. The molecule has 0 aliphatic rings. The lowest BCUT2D eigenvalue weighted by atomic mass is 10.1. The second-order valence-corrected chi connectivity index (χ2v) is 10.6. The summed E-state index contributed by atoms with van der Waals surface area (Å²) >= 11 is 17.3. The molecule has 0 unspecified atom stereocenters. The molecule has 0 saturated carbocycles. The maximum absolute atomic E-state index is 12.4. The molecule has 10 heteroatoms. The molecule has 0 aromatic heterocycles. The van der Waals surface area contributed by atoms with Crippen molar-refractivity contribution in [2.45, 2.75) is 21.1 Å². The third kappa shape index (κ3) is 6.23. The van der Waals surface area contributed by atoms with Gasteiger partial charge in [-0.15, -0.1) is 0 Å². The van der Waals surface area contributed by atoms with Crippen molar-refractivity contribution in [1.29, 1.82) is 0 Å². The summed E-state index contributed by atoms with van der Waals surface area (Å²) in [6.45, 7) is 0. The van der Waals surface area contributed by atoms with Gasteiger partial charge in [-0.2, -0.15) is 0 Å². The Labute approximate surface area is 197 Å². The lowest BCUT2D eigenvalue weighted by Gasteiger charge is -2.10. The maximum atomic E-state index is 12.4. The topological polar surface area (TPSA) is 89.3 Å². The molecule has 0 radical (unpaired) electrons. The van der Waals surface area contributed by atoms with Crippen LogP contribution in [0, 0.1) is 0 Å². The van der Waals surface area contributed by atoms with Crippen molar-refractivity contribution >= 4 is 72.5 Å². The van der Waals surface area contributed by atoms with Gasteiger partial charge in [0.1, 0.15) is 0 Å². The van der Waals surface area contributed by atoms with Gasteiger partial charge < -0.3 is 5.32 Å². The van der Waals surface area contributed by atoms with E-state index in [2.05, 4.69) is 21.2 Å². The number of primary sulfonamides is 1. The Morgan fingerprint density at radius 2 is 1.70 bits per heavy atom. The number of hydrogen-bond donors (Lipinski definition) is 2. The molecule has 0 bridgehead atoms. The Morgan fingerprint density at radius 1 is 1.00 bits per heavy atom. The average molecular weight is 546 g/mol. The summed E-state index contributed by atoms with van der Waals surface area (Å²) in [5.41, 5.74) is 1.25. The monoisotopic (exact) mass is 544 g/mol. The molecule has 3 aromatic carbocycles. The van der Waals surface area contributed by atoms with Gasteiger partial charge in [-0.1, -0.05) is 41.0 Å². The van der Waals surface area contributed by atoms with E-state index in [0.29, 0.717) is 15.7 Å². The maximum Gasteiger partial charge on any atom is 0.238 e. The van der Waals surface area contributed by atoms with Crippen molar-refractivity contribution in [1.82, 2.24) is 0 Å². The molecule has 1 amide bonds. The number of nitrogens with one attached hydrogen (secondary N) is 1. The van der Waals surface area contributed by atoms with Crippen LogP contribution in [0.25, 0.3) is 0 Å². The molecule has 0 fully saturated rings. The molecule has 0 heterocycles. The predicted octanol–water partition coefficient (Wildman–Crippen LogP) is 5.74. The van der Waals surface area contributed by atoms with E-state index in [1.807, 2.05) is 18.2 Å². The summed E-state index contributed by atoms with van der Waals surface area (Å²) in [6.07, 6.45) is 0.123. The number of nitrogens with two attached hydrogens (primary N) is 1. The fourth-order valence-corrected chi connectivity index (χ4v) is 4.97. The van der Waals surface area contributed by atoms with Crippen LogP contribution in [0.4, 0.5) is 5.69 Å². The lowest BCUT2D eigenvalue weighted by Crippen LogP contribution is -2.15. The van der Waals surface area contributed by atoms with E-state index in [0.717, 1.165) is 19.8 Å². The van der Waals surface area contributed by atoms with Crippen LogP contribution >= 0.6 is 50.9 Å². The van der Waals surface area contributed by atoms with Crippen molar-refractivity contribution in [3.05, 3.63) is 80.7 Å². The summed E-state index contributed by atoms with van der Waals surface area (Å²) in [6, 6.07) is 16.5. The van der Waals surface area contributed by atoms with Crippen LogP contribution in [0.15, 0.2) is 79.8 Å². The van der Waals surface area contributed by atoms with Gasteiger partial charge in [0, 0.05) is 25.0 Å². The van der Waals surface area contributed by atoms with Crippen LogP contribution in [-0.2, 0) is 21.2 Å². The van der Waals surface area contributed by atoms with Gasteiger partial charge in [0.05, 0.1) is 16.3 Å². The molecule has 0 aliphatic heterocycles. The highest BCUT2D eigenvalue weighted by Gasteiger charge is 2.12. The highest BCUT2D eigenvalue weighted by Crippen LogP contribution is 2.39. The highest BCUT2D eigenvalue weighted by molar-refractivity contribution is 9.10. The van der Waals surface area contributed by atoms with E-state index in [1.54, 1.807) is 18.2 Å². The van der Waals surface area contributed by atoms with Crippen LogP contribution in [0.5, 0.6) is 0 Å². The van der Waals surface area contributed by atoms with Gasteiger partial charge in [-0.25, -0.2) is 13.6 Å². The Hall–Kier alpha value is -1.55. The predicted molar refractivity (Wildman–Crippen MR) is 125 cm³/mol. The summed E-state index contributed by atoms with van der Waals surface area (Å²) in [7, 11) is -3.78. The minimum atomic E-state index is -3.78. The molecule has 0 spiro atoms. The highest BCUT2D eigenvalue weighted by atomic mass is 79.9. The van der Waals surface area contributed by atoms with Gasteiger partial charge in [-0.05, 0) is 76.1 Å². The van der Waals surface area contributed by atoms with Gasteiger partial charge >= 0.3 is 0 Å². The fourth-order valence-electron chi connectivity index (χ4n) is 2.53. The van der Waals surface area contributed by atoms with Crippen molar-refractivity contribution in [3.8, 4) is 0 Å². The first kappa shape index (κ1) is 23.1. The standard InChI is InChI=1S/C20H15BrCl2N2O3S2/c21-16-7-2-13(22)11-18(16)29-19-9-12(1-8-17(19)23)10-20(26)25-14-3-5-15(6-4-14)30(24,27)28/h1-9,11H,10H2,(H,25,26)(H2,24,27,28). The normalized spacial score (nSPS) is 11.3. The molecule has 3 aromatic rings. The first-order valence-corrected chi connectivity index (χ1v) is 12.4. The van der Waals surface area contributed by atoms with Gasteiger partial charge in [-0.3, -0.25) is 4.79 Å². The zero-order valence-corrected chi connectivity index (χ0v) is 20.0. The number of carbonyl (C=O) groups is 1. The summed E-state index contributed by atoms with van der Waals surface area (Å²) < 4.78 is 23.5. The van der Waals surface area contributed by atoms with E-state index < -0.39 is 10.0 Å². The van der Waals surface area contributed by atoms with Crippen LogP contribution in [0.2, 0.25) is 10.0 Å². The Kier molecular flexibility index (Phi) is 7.49. The Bertz CT molecular complexity index is 1200. The van der Waals surface area contributed by atoms with E-state index in [9.17, 15) is 13.2 Å². The number of halogens is 3. The van der Waals surface area contributed by atoms with Crippen molar-refractivity contribution in [2.24, 2.45) is 5.14 Å². The van der Waals surface area contributed by atoms with Crippen LogP contribution < -0.4 is 10.5 Å². The average Bonchev–Trinajstić information content (AvgIpc) is 2.67. The smallest absolute Gasteiger partial charge is 0.238 e. The van der Waals surface area contributed by atoms with Gasteiger partial charge in [0.25, 0.3) is 0 Å². The molecule has 156 valence electrons. The minimum Gasteiger partial charge on any atom is -0.326 e. The van der Waals surface area contributed by atoms with Gasteiger partial charge in [0.2, 0.25) is 15.9 Å². The number of amides is 1. The Morgan fingerprint density at radius 3 is 2.37 bits per heavy atom. The lowest BCUT2D eigenvalue weighted by molar-refractivity contribution is -0.115. The molecule has 30 heavy (non-hydrogen) atoms. The number of anilines is 1. The molecule has 0 atom stereocenters. The number of hydrogen-bond acceptors (Lipinski definition) is 4.